The number of aryl methyl sites for hydroxylation is 1. The first-order chi connectivity index (χ1) is 10.4. The van der Waals surface area contributed by atoms with Crippen molar-refractivity contribution in [2.24, 2.45) is 11.8 Å². The number of carbonyl (C=O) groups is 3. The molecular formula is C17H21NO4. The predicted octanol–water partition coefficient (Wildman–Crippen LogP) is 2.46. The summed E-state index contributed by atoms with van der Waals surface area (Å²) in [6.07, 6.45) is -0.0746. The maximum absolute atomic E-state index is 12.7. The average Bonchev–Trinajstić information content (AvgIpc) is 2.68. The summed E-state index contributed by atoms with van der Waals surface area (Å²) in [5, 5.41) is 0. The van der Waals surface area contributed by atoms with Crippen LogP contribution in [0, 0.1) is 18.8 Å². The van der Waals surface area contributed by atoms with E-state index in [-0.39, 0.29) is 11.8 Å². The minimum Gasteiger partial charge on any atom is -0.462 e. The van der Waals surface area contributed by atoms with Crippen molar-refractivity contribution in [2.45, 2.75) is 40.2 Å². The number of nitrogens with zero attached hydrogens (tertiary/aromatic N) is 1. The Kier molecular flexibility index (Phi) is 4.64. The van der Waals surface area contributed by atoms with Crippen molar-refractivity contribution in [3.63, 3.8) is 0 Å². The van der Waals surface area contributed by atoms with Crippen LogP contribution < -0.4 is 4.90 Å². The van der Waals surface area contributed by atoms with Crippen molar-refractivity contribution < 1.29 is 19.1 Å². The first-order valence-electron chi connectivity index (χ1n) is 7.48. The Labute approximate surface area is 130 Å². The molecule has 2 amide bonds. The molecule has 0 aliphatic carbocycles. The molecule has 0 N–H and O–H groups in total. The maximum atomic E-state index is 12.7. The van der Waals surface area contributed by atoms with Crippen molar-refractivity contribution in [1.29, 1.82) is 0 Å². The van der Waals surface area contributed by atoms with Gasteiger partial charge >= 0.3 is 5.97 Å². The van der Waals surface area contributed by atoms with Gasteiger partial charge in [-0.25, -0.2) is 4.90 Å². The van der Waals surface area contributed by atoms with Gasteiger partial charge in [-0.05, 0) is 25.5 Å². The molecule has 22 heavy (non-hydrogen) atoms. The number of ether oxygens (including phenoxy) is 1. The molecule has 0 saturated carbocycles. The predicted molar refractivity (Wildman–Crippen MR) is 82.2 cm³/mol. The lowest BCUT2D eigenvalue weighted by atomic mass is 9.90. The second-order valence-electron chi connectivity index (χ2n) is 5.72. The van der Waals surface area contributed by atoms with E-state index in [0.29, 0.717) is 12.1 Å². The molecule has 2 rings (SSSR count). The fourth-order valence-electron chi connectivity index (χ4n) is 2.88. The van der Waals surface area contributed by atoms with Gasteiger partial charge in [0.15, 0.2) is 0 Å². The molecule has 5 nitrogen and oxygen atoms in total. The number of amides is 2. The number of hydrogen-bond donors (Lipinski definition) is 0. The molecular weight excluding hydrogens is 282 g/mol. The van der Waals surface area contributed by atoms with E-state index < -0.39 is 23.9 Å². The monoisotopic (exact) mass is 303 g/mol. The van der Waals surface area contributed by atoms with E-state index in [0.717, 1.165) is 5.56 Å². The van der Waals surface area contributed by atoms with Gasteiger partial charge in [-0.15, -0.1) is 0 Å². The van der Waals surface area contributed by atoms with E-state index in [2.05, 4.69) is 0 Å². The number of carbonyl (C=O) groups excluding carboxylic acids is 3. The minimum absolute atomic E-state index is 0.246. The minimum atomic E-state index is -0.622. The molecule has 1 aromatic rings. The van der Waals surface area contributed by atoms with Crippen LogP contribution in [0.25, 0.3) is 0 Å². The topological polar surface area (TPSA) is 63.7 Å². The molecule has 0 aromatic heterocycles. The lowest BCUT2D eigenvalue weighted by Gasteiger charge is -2.22. The molecule has 1 aliphatic heterocycles. The van der Waals surface area contributed by atoms with Crippen LogP contribution in [0.3, 0.4) is 0 Å². The maximum Gasteiger partial charge on any atom is 0.302 e. The second kappa shape index (κ2) is 6.30. The number of esters is 1. The Hall–Kier alpha value is -2.17. The van der Waals surface area contributed by atoms with E-state index >= 15 is 0 Å². The van der Waals surface area contributed by atoms with Gasteiger partial charge in [0.25, 0.3) is 0 Å². The van der Waals surface area contributed by atoms with Gasteiger partial charge in [0, 0.05) is 6.92 Å². The van der Waals surface area contributed by atoms with Crippen molar-refractivity contribution in [3.05, 3.63) is 29.8 Å². The number of imide groups is 1. The second-order valence-corrected chi connectivity index (χ2v) is 5.72. The zero-order chi connectivity index (χ0) is 16.4. The molecule has 1 heterocycles. The molecule has 118 valence electrons. The molecule has 1 fully saturated rings. The highest BCUT2D eigenvalue weighted by Gasteiger charge is 2.50. The number of rotatable bonds is 4. The third-order valence-corrected chi connectivity index (χ3v) is 4.07. The van der Waals surface area contributed by atoms with Crippen LogP contribution in [0.4, 0.5) is 5.69 Å². The zero-order valence-electron chi connectivity index (χ0n) is 13.3. The van der Waals surface area contributed by atoms with Crippen LogP contribution in [-0.4, -0.2) is 23.9 Å². The van der Waals surface area contributed by atoms with Gasteiger partial charge in [-0.2, -0.15) is 0 Å². The molecule has 1 saturated heterocycles. The van der Waals surface area contributed by atoms with E-state index in [1.54, 1.807) is 19.1 Å². The molecule has 3 unspecified atom stereocenters. The highest BCUT2D eigenvalue weighted by atomic mass is 16.5. The van der Waals surface area contributed by atoms with Crippen molar-refractivity contribution >= 4 is 23.5 Å². The summed E-state index contributed by atoms with van der Waals surface area (Å²) in [6.45, 7) is 6.81. The molecule has 1 aromatic carbocycles. The lowest BCUT2D eigenvalue weighted by Crippen LogP contribution is -2.35. The molecule has 0 bridgehead atoms. The normalized spacial score (nSPS) is 22.8. The van der Waals surface area contributed by atoms with Crippen LogP contribution in [-0.2, 0) is 19.1 Å². The Morgan fingerprint density at radius 2 is 1.82 bits per heavy atom. The Bertz CT molecular complexity index is 593. The molecule has 5 heteroatoms. The summed E-state index contributed by atoms with van der Waals surface area (Å²) < 4.78 is 5.24. The van der Waals surface area contributed by atoms with Crippen molar-refractivity contribution in [3.8, 4) is 0 Å². The number of benzene rings is 1. The van der Waals surface area contributed by atoms with Crippen molar-refractivity contribution in [1.82, 2.24) is 0 Å². The largest absolute Gasteiger partial charge is 0.462 e. The summed E-state index contributed by atoms with van der Waals surface area (Å²) in [6, 6.07) is 7.23. The highest BCUT2D eigenvalue weighted by Crippen LogP contribution is 2.34. The van der Waals surface area contributed by atoms with Gasteiger partial charge in [0.1, 0.15) is 6.10 Å². The molecule has 3 atom stereocenters. The van der Waals surface area contributed by atoms with Gasteiger partial charge < -0.3 is 4.74 Å². The summed E-state index contributed by atoms with van der Waals surface area (Å²) in [5.74, 6) is -2.10. The lowest BCUT2D eigenvalue weighted by molar-refractivity contribution is -0.152. The van der Waals surface area contributed by atoms with E-state index in [4.69, 9.17) is 4.74 Å². The molecule has 0 radical (unpaired) electrons. The summed E-state index contributed by atoms with van der Waals surface area (Å²) in [4.78, 5) is 37.6. The molecule has 1 aliphatic rings. The Morgan fingerprint density at radius 1 is 1.23 bits per heavy atom. The fraction of sp³-hybridized carbons (Fsp3) is 0.471. The average molecular weight is 303 g/mol. The van der Waals surface area contributed by atoms with E-state index in [1.165, 1.54) is 11.8 Å². The highest BCUT2D eigenvalue weighted by molar-refractivity contribution is 6.22. The number of anilines is 1. The van der Waals surface area contributed by atoms with Gasteiger partial charge in [-0.3, -0.25) is 14.4 Å². The standard InChI is InChI=1S/C17H21NO4/c1-5-14(22-12(4)19)15-11(3)16(20)18(17(15)21)13-8-6-10(2)7-9-13/h6-9,11,14-15H,5H2,1-4H3. The van der Waals surface area contributed by atoms with Crippen LogP contribution in [0.2, 0.25) is 0 Å². The van der Waals surface area contributed by atoms with Crippen LogP contribution >= 0.6 is 0 Å². The van der Waals surface area contributed by atoms with Gasteiger partial charge in [0.2, 0.25) is 11.8 Å². The molecule has 0 spiro atoms. The van der Waals surface area contributed by atoms with Crippen LogP contribution in [0.5, 0.6) is 0 Å². The smallest absolute Gasteiger partial charge is 0.302 e. The summed E-state index contributed by atoms with van der Waals surface area (Å²) >= 11 is 0. The van der Waals surface area contributed by atoms with Crippen LogP contribution in [0.15, 0.2) is 24.3 Å². The SMILES string of the molecule is CCC(OC(C)=O)C1C(=O)N(c2ccc(C)cc2)C(=O)C1C. The first kappa shape index (κ1) is 16.2. The van der Waals surface area contributed by atoms with E-state index in [1.807, 2.05) is 26.0 Å². The zero-order valence-corrected chi connectivity index (χ0v) is 13.3. The summed E-state index contributed by atoms with van der Waals surface area (Å²) in [5.41, 5.74) is 1.62. The van der Waals surface area contributed by atoms with Crippen molar-refractivity contribution in [2.75, 3.05) is 4.90 Å². The third-order valence-electron chi connectivity index (χ3n) is 4.07. The van der Waals surface area contributed by atoms with E-state index in [9.17, 15) is 14.4 Å². The third kappa shape index (κ3) is 2.89. The fourth-order valence-corrected chi connectivity index (χ4v) is 2.88. The number of hydrogen-bond acceptors (Lipinski definition) is 4. The Balaban J connectivity index is 2.32. The summed E-state index contributed by atoms with van der Waals surface area (Å²) in [7, 11) is 0. The van der Waals surface area contributed by atoms with Crippen LogP contribution in [0.1, 0.15) is 32.8 Å². The first-order valence-corrected chi connectivity index (χ1v) is 7.48. The Morgan fingerprint density at radius 3 is 2.32 bits per heavy atom. The van der Waals surface area contributed by atoms with Gasteiger partial charge in [0.05, 0.1) is 17.5 Å². The quantitative estimate of drug-likeness (QED) is 0.633. The van der Waals surface area contributed by atoms with Gasteiger partial charge in [-0.1, -0.05) is 31.5 Å².